The van der Waals surface area contributed by atoms with Crippen LogP contribution >= 0.6 is 0 Å². The Morgan fingerprint density at radius 3 is 0.538 bits per heavy atom. The molecule has 1 aliphatic carbocycles. The van der Waals surface area contributed by atoms with E-state index in [0.29, 0.717) is 53.8 Å². The number of hydrogen-bond acceptors (Lipinski definition) is 12. The average Bonchev–Trinajstić information content (AvgIpc) is 1.92. The Balaban J connectivity index is 0.864. The highest BCUT2D eigenvalue weighted by molar-refractivity contribution is 5.85. The van der Waals surface area contributed by atoms with Crippen molar-refractivity contribution >= 4 is 65.4 Å². The molecule has 0 radical (unpaired) electrons. The fraction of sp³-hybridized carbons (Fsp3) is 0.111. The Kier molecular flexibility index (Phi) is 15.3. The zero-order valence-electron chi connectivity index (χ0n) is 50.7. The van der Waals surface area contributed by atoms with Crippen LogP contribution in [0.2, 0.25) is 0 Å². The number of fused-ring (bicyclic) bond motifs is 9. The summed E-state index contributed by atoms with van der Waals surface area (Å²) in [7, 11) is 0. The molecular formula is C81H60N6O6. The van der Waals surface area contributed by atoms with E-state index in [1.54, 1.807) is 0 Å². The van der Waals surface area contributed by atoms with Crippen LogP contribution in [0.3, 0.4) is 0 Å². The number of benzene rings is 9. The van der Waals surface area contributed by atoms with Gasteiger partial charge in [-0.05, 0) is 125 Å². The molecule has 450 valence electrons. The minimum absolute atomic E-state index is 0.247. The predicted molar refractivity (Wildman–Crippen MR) is 364 cm³/mol. The van der Waals surface area contributed by atoms with Gasteiger partial charge in [0.1, 0.15) is 39.6 Å². The molecule has 0 aliphatic heterocycles. The largest absolute Gasteiger partial charge is 0.485 e. The Morgan fingerprint density at radius 2 is 0.366 bits per heavy atom. The number of pyridine rings is 6. The van der Waals surface area contributed by atoms with Crippen LogP contribution in [-0.4, -0.2) is 29.9 Å². The second kappa shape index (κ2) is 25.3. The summed E-state index contributed by atoms with van der Waals surface area (Å²) in [5.74, 6) is 3.58. The molecule has 0 amide bonds. The number of nitrogens with zero attached hydrogens (tertiary/aromatic N) is 6. The second-order valence-corrected chi connectivity index (χ2v) is 23.4. The monoisotopic (exact) mass is 1210 g/mol. The van der Waals surface area contributed by atoms with Gasteiger partial charge in [-0.25, -0.2) is 0 Å². The van der Waals surface area contributed by atoms with Crippen molar-refractivity contribution in [3.05, 3.63) is 322 Å². The lowest BCUT2D eigenvalue weighted by Gasteiger charge is -2.20. The summed E-state index contributed by atoms with van der Waals surface area (Å²) >= 11 is 0. The molecule has 1 aliphatic rings. The maximum atomic E-state index is 7.05. The molecule has 0 N–H and O–H groups in total. The topological polar surface area (TPSA) is 133 Å². The van der Waals surface area contributed by atoms with E-state index in [1.165, 1.54) is 0 Å². The smallest absolute Gasteiger partial charge is 0.162 e. The molecule has 12 nitrogen and oxygen atoms in total. The van der Waals surface area contributed by atoms with Crippen LogP contribution in [0.4, 0.5) is 0 Å². The van der Waals surface area contributed by atoms with E-state index in [4.69, 9.17) is 58.3 Å². The van der Waals surface area contributed by atoms with Crippen LogP contribution in [-0.2, 0) is 58.9 Å². The fourth-order valence-electron chi connectivity index (χ4n) is 12.8. The molecule has 0 bridgehead atoms. The first-order chi connectivity index (χ1) is 46.0. The zero-order valence-corrected chi connectivity index (χ0v) is 50.7. The molecule has 9 aromatic carbocycles. The van der Waals surface area contributed by atoms with Crippen molar-refractivity contribution in [2.24, 2.45) is 0 Å². The van der Waals surface area contributed by atoms with Gasteiger partial charge in [0, 0.05) is 103 Å². The van der Waals surface area contributed by atoms with E-state index < -0.39 is 0 Å². The number of hydrogen-bond donors (Lipinski definition) is 0. The van der Waals surface area contributed by atoms with Gasteiger partial charge in [-0.3, -0.25) is 29.9 Å². The third-order valence-corrected chi connectivity index (χ3v) is 17.5. The van der Waals surface area contributed by atoms with Crippen LogP contribution in [0.1, 0.15) is 66.8 Å². The van der Waals surface area contributed by atoms with E-state index in [-0.39, 0.29) is 39.6 Å². The standard InChI is InChI=1S/C81H60N6O6/c1-13-52-25-7-31-82-76(52)58(19-1)46-88-70-40-64-37-66-42-72(90-48-60-21-3-15-54-27-9-33-84-78(54)60)74(92-50-62-23-5-17-56-29-11-35-86-80(56)62)44-68(66)39-69-45-75(93-51-63-24-6-18-57-30-12-36-87-81(57)63)73(91-49-61-22-4-16-55-28-10-34-85-79(55)61)43-67(69)38-65(64)41-71(70)89-47-59-20-2-14-53-26-8-32-83-77(53)59/h1-36,40-45H,37-39,46-51H2. The van der Waals surface area contributed by atoms with Crippen LogP contribution in [0, 0.1) is 0 Å². The Bertz CT molecular complexity index is 4450. The lowest BCUT2D eigenvalue weighted by molar-refractivity contribution is 0.256. The number of para-hydroxylation sites is 6. The molecule has 0 saturated heterocycles. The molecule has 0 saturated carbocycles. The van der Waals surface area contributed by atoms with Gasteiger partial charge in [0.2, 0.25) is 0 Å². The van der Waals surface area contributed by atoms with Gasteiger partial charge in [-0.2, -0.15) is 0 Å². The molecular weight excluding hydrogens is 1150 g/mol. The van der Waals surface area contributed by atoms with Crippen molar-refractivity contribution in [1.82, 2.24) is 29.9 Å². The first-order valence-electron chi connectivity index (χ1n) is 31.3. The fourth-order valence-corrected chi connectivity index (χ4v) is 12.8. The van der Waals surface area contributed by atoms with Crippen molar-refractivity contribution in [1.29, 1.82) is 0 Å². The summed E-state index contributed by atoms with van der Waals surface area (Å²) in [6.07, 6.45) is 12.5. The molecule has 6 heterocycles. The summed E-state index contributed by atoms with van der Waals surface area (Å²) in [5, 5.41) is 6.20. The van der Waals surface area contributed by atoms with E-state index in [0.717, 1.165) is 132 Å². The predicted octanol–water partition coefficient (Wildman–Crippen LogP) is 17.5. The quantitative estimate of drug-likeness (QED) is 0.0810. The lowest BCUT2D eigenvalue weighted by atomic mass is 9.94. The van der Waals surface area contributed by atoms with E-state index in [1.807, 2.05) is 110 Å². The van der Waals surface area contributed by atoms with Gasteiger partial charge in [-0.1, -0.05) is 146 Å². The Morgan fingerprint density at radius 1 is 0.204 bits per heavy atom. The maximum Gasteiger partial charge on any atom is 0.162 e. The minimum Gasteiger partial charge on any atom is -0.485 e. The SMILES string of the molecule is c1cnc2c(COc3cc4c(cc3OCc3cccc5cccnc35)Cc3cc(OCc5cccc6cccnc56)c(OCc5cccc6cccnc56)cc3Cc3cc(OCc5cccc6cccnc56)c(OCc5cccc6cccnc56)cc3C4)cccc2c1. The van der Waals surface area contributed by atoms with Crippen LogP contribution in [0.15, 0.2) is 256 Å². The van der Waals surface area contributed by atoms with Crippen LogP contribution < -0.4 is 28.4 Å². The van der Waals surface area contributed by atoms with E-state index >= 15 is 0 Å². The highest BCUT2D eigenvalue weighted by atomic mass is 16.5. The number of aromatic nitrogens is 6. The Labute approximate surface area is 536 Å². The van der Waals surface area contributed by atoms with Crippen LogP contribution in [0.25, 0.3) is 65.4 Å². The van der Waals surface area contributed by atoms with E-state index in [9.17, 15) is 0 Å². The molecule has 0 unspecified atom stereocenters. The van der Waals surface area contributed by atoms with Crippen molar-refractivity contribution < 1.29 is 28.4 Å². The van der Waals surface area contributed by atoms with Crippen molar-refractivity contribution in [2.45, 2.75) is 58.9 Å². The summed E-state index contributed by atoms with van der Waals surface area (Å²) in [6.45, 7) is 1.48. The Hall–Kier alpha value is -11.8. The zero-order chi connectivity index (χ0) is 61.9. The molecule has 93 heavy (non-hydrogen) atoms. The molecule has 15 aromatic rings. The summed E-state index contributed by atoms with van der Waals surface area (Å²) in [4.78, 5) is 28.8. The summed E-state index contributed by atoms with van der Waals surface area (Å²) in [5.41, 5.74) is 17.3. The third-order valence-electron chi connectivity index (χ3n) is 17.5. The van der Waals surface area contributed by atoms with Gasteiger partial charge < -0.3 is 28.4 Å². The second-order valence-electron chi connectivity index (χ2n) is 23.4. The molecule has 16 rings (SSSR count). The van der Waals surface area contributed by atoms with Crippen molar-refractivity contribution in [3.8, 4) is 34.5 Å². The van der Waals surface area contributed by atoms with Crippen molar-refractivity contribution in [3.63, 3.8) is 0 Å². The third kappa shape index (κ3) is 11.8. The first kappa shape index (κ1) is 56.5. The van der Waals surface area contributed by atoms with Gasteiger partial charge in [0.05, 0.1) is 33.1 Å². The molecule has 0 spiro atoms. The summed E-state index contributed by atoms with van der Waals surface area (Å²) < 4.78 is 42.3. The normalized spacial score (nSPS) is 12.0. The summed E-state index contributed by atoms with van der Waals surface area (Å²) in [6, 6.07) is 74.4. The van der Waals surface area contributed by atoms with Crippen molar-refractivity contribution in [2.75, 3.05) is 0 Å². The number of rotatable bonds is 18. The molecule has 12 heteroatoms. The highest BCUT2D eigenvalue weighted by Gasteiger charge is 2.25. The molecule has 0 atom stereocenters. The maximum absolute atomic E-state index is 7.05. The van der Waals surface area contributed by atoms with Crippen LogP contribution in [0.5, 0.6) is 34.5 Å². The molecule has 6 aromatic heterocycles. The van der Waals surface area contributed by atoms with Gasteiger partial charge in [-0.15, -0.1) is 0 Å². The minimum atomic E-state index is 0.247. The number of ether oxygens (including phenoxy) is 6. The average molecular weight is 1210 g/mol. The van der Waals surface area contributed by atoms with Gasteiger partial charge in [0.25, 0.3) is 0 Å². The molecule has 0 fully saturated rings. The van der Waals surface area contributed by atoms with Gasteiger partial charge >= 0.3 is 0 Å². The first-order valence-corrected chi connectivity index (χ1v) is 31.3. The highest BCUT2D eigenvalue weighted by Crippen LogP contribution is 2.43. The van der Waals surface area contributed by atoms with Gasteiger partial charge in [0.15, 0.2) is 34.5 Å². The lowest BCUT2D eigenvalue weighted by Crippen LogP contribution is -2.07. The van der Waals surface area contributed by atoms with E-state index in [2.05, 4.69) is 146 Å².